The van der Waals surface area contributed by atoms with E-state index in [1.165, 1.54) is 10.5 Å². The highest BCUT2D eigenvalue weighted by Gasteiger charge is 2.04. The van der Waals surface area contributed by atoms with Gasteiger partial charge in [0.1, 0.15) is 0 Å². The van der Waals surface area contributed by atoms with Crippen molar-refractivity contribution in [2.75, 3.05) is 6.54 Å². The molecule has 1 aromatic heterocycles. The number of nitrogens with zero attached hydrogens (tertiary/aromatic N) is 2. The molecule has 0 saturated heterocycles. The lowest BCUT2D eigenvalue weighted by molar-refractivity contribution is 0.683. The molecule has 0 aliphatic heterocycles. The molecule has 1 atom stereocenters. The van der Waals surface area contributed by atoms with E-state index in [1.807, 2.05) is 35.9 Å². The Morgan fingerprint density at radius 1 is 1.37 bits per heavy atom. The maximum Gasteiger partial charge on any atom is 0.0534 e. The SMILES string of the molecule is CC(CNCc1cnn(C)c1)Sc1ccc(Br)cc1. The second-order valence-electron chi connectivity index (χ2n) is 4.54. The van der Waals surface area contributed by atoms with E-state index in [4.69, 9.17) is 0 Å². The number of thioether (sulfide) groups is 1. The molecule has 2 aromatic rings. The van der Waals surface area contributed by atoms with Crippen LogP contribution in [-0.2, 0) is 13.6 Å². The summed E-state index contributed by atoms with van der Waals surface area (Å²) >= 11 is 5.34. The Balaban J connectivity index is 1.72. The predicted molar refractivity (Wildman–Crippen MR) is 84.4 cm³/mol. The summed E-state index contributed by atoms with van der Waals surface area (Å²) in [5.41, 5.74) is 1.23. The number of hydrogen-bond acceptors (Lipinski definition) is 3. The molecule has 1 heterocycles. The van der Waals surface area contributed by atoms with E-state index in [1.54, 1.807) is 0 Å². The van der Waals surface area contributed by atoms with E-state index >= 15 is 0 Å². The Morgan fingerprint density at radius 2 is 2.11 bits per heavy atom. The first-order valence-electron chi connectivity index (χ1n) is 6.24. The van der Waals surface area contributed by atoms with Gasteiger partial charge in [0.15, 0.2) is 0 Å². The first kappa shape index (κ1) is 14.6. The van der Waals surface area contributed by atoms with E-state index in [0.717, 1.165) is 17.6 Å². The summed E-state index contributed by atoms with van der Waals surface area (Å²) in [6.07, 6.45) is 3.94. The molecule has 0 fully saturated rings. The highest BCUT2D eigenvalue weighted by atomic mass is 79.9. The second kappa shape index (κ2) is 7.12. The van der Waals surface area contributed by atoms with Gasteiger partial charge in [0, 0.05) is 46.5 Å². The van der Waals surface area contributed by atoms with E-state index < -0.39 is 0 Å². The van der Waals surface area contributed by atoms with E-state index in [2.05, 4.69) is 57.5 Å². The van der Waals surface area contributed by atoms with Crippen LogP contribution in [0.25, 0.3) is 0 Å². The van der Waals surface area contributed by atoms with Gasteiger partial charge in [-0.25, -0.2) is 0 Å². The van der Waals surface area contributed by atoms with Crippen LogP contribution in [-0.4, -0.2) is 21.6 Å². The Bertz CT molecular complexity index is 510. The Kier molecular flexibility index (Phi) is 5.48. The number of aromatic nitrogens is 2. The highest BCUT2D eigenvalue weighted by molar-refractivity contribution is 9.10. The minimum Gasteiger partial charge on any atom is -0.311 e. The lowest BCUT2D eigenvalue weighted by Gasteiger charge is -2.12. The molecule has 1 unspecified atom stereocenters. The summed E-state index contributed by atoms with van der Waals surface area (Å²) in [7, 11) is 1.94. The molecule has 0 aliphatic carbocycles. The number of nitrogens with one attached hydrogen (secondary N) is 1. The summed E-state index contributed by atoms with van der Waals surface area (Å²) in [6, 6.07) is 8.45. The summed E-state index contributed by atoms with van der Waals surface area (Å²) in [6.45, 7) is 4.09. The van der Waals surface area contributed by atoms with Gasteiger partial charge in [-0.2, -0.15) is 5.10 Å². The van der Waals surface area contributed by atoms with E-state index in [0.29, 0.717) is 5.25 Å². The van der Waals surface area contributed by atoms with Crippen LogP contribution in [0.2, 0.25) is 0 Å². The number of hydrogen-bond donors (Lipinski definition) is 1. The van der Waals surface area contributed by atoms with Crippen molar-refractivity contribution >= 4 is 27.7 Å². The summed E-state index contributed by atoms with van der Waals surface area (Å²) in [5.74, 6) is 0. The lowest BCUT2D eigenvalue weighted by Crippen LogP contribution is -2.22. The van der Waals surface area contributed by atoms with Gasteiger partial charge in [-0.15, -0.1) is 11.8 Å². The number of benzene rings is 1. The fraction of sp³-hybridized carbons (Fsp3) is 0.357. The molecule has 5 heteroatoms. The van der Waals surface area contributed by atoms with Crippen LogP contribution >= 0.6 is 27.7 Å². The van der Waals surface area contributed by atoms with Crippen molar-refractivity contribution in [1.29, 1.82) is 0 Å². The van der Waals surface area contributed by atoms with Crippen molar-refractivity contribution in [3.05, 3.63) is 46.7 Å². The van der Waals surface area contributed by atoms with Crippen molar-refractivity contribution in [2.45, 2.75) is 23.6 Å². The van der Waals surface area contributed by atoms with Gasteiger partial charge < -0.3 is 5.32 Å². The van der Waals surface area contributed by atoms with Crippen LogP contribution in [0.15, 0.2) is 46.0 Å². The van der Waals surface area contributed by atoms with Gasteiger partial charge >= 0.3 is 0 Å². The topological polar surface area (TPSA) is 29.9 Å². The average molecular weight is 340 g/mol. The van der Waals surface area contributed by atoms with Gasteiger partial charge in [0.25, 0.3) is 0 Å². The summed E-state index contributed by atoms with van der Waals surface area (Å²) in [4.78, 5) is 1.30. The van der Waals surface area contributed by atoms with Gasteiger partial charge in [-0.05, 0) is 24.3 Å². The molecular formula is C14H18BrN3S. The van der Waals surface area contributed by atoms with Crippen LogP contribution in [0.4, 0.5) is 0 Å². The first-order valence-corrected chi connectivity index (χ1v) is 7.91. The summed E-state index contributed by atoms with van der Waals surface area (Å²) < 4.78 is 2.95. The van der Waals surface area contributed by atoms with Crippen molar-refractivity contribution in [3.8, 4) is 0 Å². The third kappa shape index (κ3) is 5.01. The molecule has 0 radical (unpaired) electrons. The zero-order valence-electron chi connectivity index (χ0n) is 11.1. The summed E-state index contributed by atoms with van der Waals surface area (Å²) in [5, 5.41) is 8.16. The fourth-order valence-corrected chi connectivity index (χ4v) is 2.99. The largest absolute Gasteiger partial charge is 0.311 e. The third-order valence-corrected chi connectivity index (χ3v) is 4.31. The fourth-order valence-electron chi connectivity index (χ4n) is 1.77. The standard InChI is InChI=1S/C14H18BrN3S/c1-11(19-14-5-3-13(15)4-6-14)7-16-8-12-9-17-18(2)10-12/h3-6,9-11,16H,7-8H2,1-2H3. The van der Waals surface area contributed by atoms with Gasteiger partial charge in [0.05, 0.1) is 6.20 Å². The van der Waals surface area contributed by atoms with Crippen LogP contribution in [0.5, 0.6) is 0 Å². The third-order valence-electron chi connectivity index (χ3n) is 2.67. The molecule has 0 saturated carbocycles. The van der Waals surface area contributed by atoms with Gasteiger partial charge in [-0.3, -0.25) is 4.68 Å². The molecule has 19 heavy (non-hydrogen) atoms. The van der Waals surface area contributed by atoms with E-state index in [9.17, 15) is 0 Å². The minimum absolute atomic E-state index is 0.540. The average Bonchev–Trinajstić information content (AvgIpc) is 2.78. The minimum atomic E-state index is 0.540. The molecule has 1 N–H and O–H groups in total. The molecule has 0 bridgehead atoms. The Hall–Kier alpha value is -0.780. The molecule has 0 amide bonds. The van der Waals surface area contributed by atoms with Crippen molar-refractivity contribution in [1.82, 2.24) is 15.1 Å². The maximum atomic E-state index is 4.16. The quantitative estimate of drug-likeness (QED) is 0.817. The zero-order valence-corrected chi connectivity index (χ0v) is 13.5. The van der Waals surface area contributed by atoms with Crippen LogP contribution < -0.4 is 5.32 Å². The van der Waals surface area contributed by atoms with Crippen molar-refractivity contribution in [2.24, 2.45) is 7.05 Å². The van der Waals surface area contributed by atoms with Crippen molar-refractivity contribution < 1.29 is 0 Å². The highest BCUT2D eigenvalue weighted by Crippen LogP contribution is 2.24. The molecule has 102 valence electrons. The smallest absolute Gasteiger partial charge is 0.0534 e. The van der Waals surface area contributed by atoms with E-state index in [-0.39, 0.29) is 0 Å². The second-order valence-corrected chi connectivity index (χ2v) is 6.96. The number of halogens is 1. The molecule has 2 rings (SSSR count). The van der Waals surface area contributed by atoms with Crippen LogP contribution in [0.3, 0.4) is 0 Å². The van der Waals surface area contributed by atoms with Crippen molar-refractivity contribution in [3.63, 3.8) is 0 Å². The maximum absolute atomic E-state index is 4.16. The Labute approximate surface area is 126 Å². The lowest BCUT2D eigenvalue weighted by atomic mass is 10.3. The molecule has 3 nitrogen and oxygen atoms in total. The van der Waals surface area contributed by atoms with Gasteiger partial charge in [-0.1, -0.05) is 22.9 Å². The van der Waals surface area contributed by atoms with Crippen LogP contribution in [0, 0.1) is 0 Å². The molecule has 0 spiro atoms. The normalized spacial score (nSPS) is 12.6. The van der Waals surface area contributed by atoms with Crippen LogP contribution in [0.1, 0.15) is 12.5 Å². The molecule has 1 aromatic carbocycles. The molecular weight excluding hydrogens is 322 g/mol. The monoisotopic (exact) mass is 339 g/mol. The first-order chi connectivity index (χ1) is 9.13. The zero-order chi connectivity index (χ0) is 13.7. The predicted octanol–water partition coefficient (Wildman–Crippen LogP) is 3.45. The number of rotatable bonds is 6. The number of aryl methyl sites for hydroxylation is 1. The Morgan fingerprint density at radius 3 is 2.74 bits per heavy atom. The molecule has 0 aliphatic rings. The van der Waals surface area contributed by atoms with Gasteiger partial charge in [0.2, 0.25) is 0 Å².